The molecule has 3 atom stereocenters. The van der Waals surface area contributed by atoms with Gasteiger partial charge in [0.15, 0.2) is 0 Å². The number of ether oxygens (including phenoxy) is 15. The van der Waals surface area contributed by atoms with Crippen LogP contribution in [0.1, 0.15) is 249 Å². The number of amides is 9. The maximum absolute atomic E-state index is 14.2. The standard InChI is InChI=1S/C87H132N10O30/c1-79(2,3)119-70(104)88-40-61(41-89-71(105)120-80(4,5)6)116-67(101)55-34-28-52(29-35-55)64(98)113-49-58(94-76(110)125-85(19,20)21)46-97(47-59(95-77(111)126-86(22,23)24)50-114-65(99)53-30-36-56(37-31-53)68(102)117-62(42-90-72(106)121-81(7,8)9)43-91-73(107)122-82(10,11)12)48-60(96-78(112)127-87(25,26)27)51-115-66(100)54-32-38-57(39-33-54)69(103)118-63(44-92-74(108)123-83(13,14)15)45-93-75(109)124-84(16,17)18/h28-39,58-63H,40-51H2,1-27H3,(H,88,104)(H,89,105)(H,90,106)(H,91,107)(H,92,108)(H,93,109)(H,94,110)(H,95,111)(H,96,112)/t58-,59-,60-/m0/s1. The molecular formula is C87H132N10O30. The van der Waals surface area contributed by atoms with Crippen molar-refractivity contribution in [1.29, 1.82) is 0 Å². The van der Waals surface area contributed by atoms with E-state index in [9.17, 15) is 71.9 Å². The van der Waals surface area contributed by atoms with Gasteiger partial charge in [-0.15, -0.1) is 0 Å². The average molecular weight is 1800 g/mol. The smallest absolute Gasteiger partial charge is 0.408 e. The minimum absolute atomic E-state index is 0.0983. The van der Waals surface area contributed by atoms with Gasteiger partial charge < -0.3 is 119 Å². The lowest BCUT2D eigenvalue weighted by Crippen LogP contribution is -2.56. The van der Waals surface area contributed by atoms with Crippen LogP contribution in [-0.4, -0.2) is 261 Å². The number of carbonyl (C=O) groups excluding carboxylic acids is 15. The number of nitrogens with one attached hydrogen (secondary N) is 9. The lowest BCUT2D eigenvalue weighted by Gasteiger charge is -2.34. The van der Waals surface area contributed by atoms with Crippen LogP contribution in [0.5, 0.6) is 0 Å². The van der Waals surface area contributed by atoms with Gasteiger partial charge in [0.25, 0.3) is 0 Å². The summed E-state index contributed by atoms with van der Waals surface area (Å²) >= 11 is 0. The van der Waals surface area contributed by atoms with E-state index in [1.165, 1.54) is 77.7 Å². The minimum Gasteiger partial charge on any atom is -0.460 e. The highest BCUT2D eigenvalue weighted by Crippen LogP contribution is 2.20. The van der Waals surface area contributed by atoms with Crippen LogP contribution in [0, 0.1) is 0 Å². The molecule has 40 heteroatoms. The summed E-state index contributed by atoms with van der Waals surface area (Å²) in [4.78, 5) is 203. The van der Waals surface area contributed by atoms with Crippen molar-refractivity contribution in [2.45, 2.75) is 274 Å². The first-order chi connectivity index (χ1) is 58.1. The molecule has 9 N–H and O–H groups in total. The number of nitrogens with zero attached hydrogens (tertiary/aromatic N) is 1. The summed E-state index contributed by atoms with van der Waals surface area (Å²) in [6.07, 6.45) is -11.8. The molecule has 0 aliphatic heterocycles. The zero-order valence-corrected chi connectivity index (χ0v) is 78.1. The molecule has 0 aliphatic rings. The summed E-state index contributed by atoms with van der Waals surface area (Å²) in [6.45, 7) is 38.3. The van der Waals surface area contributed by atoms with E-state index in [1.807, 2.05) is 0 Å². The van der Waals surface area contributed by atoms with E-state index >= 15 is 0 Å². The van der Waals surface area contributed by atoms with Gasteiger partial charge in [-0.05, 0) is 260 Å². The van der Waals surface area contributed by atoms with Gasteiger partial charge in [-0.25, -0.2) is 71.9 Å². The second-order valence-electron chi connectivity index (χ2n) is 38.2. The van der Waals surface area contributed by atoms with Crippen LogP contribution in [0.3, 0.4) is 0 Å². The first-order valence-electron chi connectivity index (χ1n) is 41.1. The Kier molecular flexibility index (Phi) is 41.2. The average Bonchev–Trinajstić information content (AvgIpc) is 0.869. The van der Waals surface area contributed by atoms with Crippen LogP contribution >= 0.6 is 0 Å². The summed E-state index contributed by atoms with van der Waals surface area (Å²) < 4.78 is 83.7. The number of esters is 6. The highest BCUT2D eigenvalue weighted by molar-refractivity contribution is 5.95. The van der Waals surface area contributed by atoms with Gasteiger partial charge in [0, 0.05) is 19.6 Å². The van der Waals surface area contributed by atoms with Crippen LogP contribution < -0.4 is 47.9 Å². The van der Waals surface area contributed by atoms with Gasteiger partial charge in [-0.2, -0.15) is 0 Å². The summed E-state index contributed by atoms with van der Waals surface area (Å²) in [6, 6.07) is 10.7. The number of benzene rings is 3. The first kappa shape index (κ1) is 109. The largest absolute Gasteiger partial charge is 0.460 e. The molecule has 0 saturated heterocycles. The molecule has 0 saturated carbocycles. The van der Waals surface area contributed by atoms with Crippen LogP contribution in [0.25, 0.3) is 0 Å². The summed E-state index contributed by atoms with van der Waals surface area (Å²) in [5.74, 6) is -5.89. The molecule has 0 fully saturated rings. The van der Waals surface area contributed by atoms with Gasteiger partial charge >= 0.3 is 90.7 Å². The molecule has 3 rings (SSSR count). The number of hydrogen-bond acceptors (Lipinski definition) is 31. The molecule has 0 unspecified atom stereocenters. The topological polar surface area (TPSA) is 506 Å². The third kappa shape index (κ3) is 50.6. The SMILES string of the molecule is CC(C)(C)OC(=O)NCC(CNC(=O)OC(C)(C)C)OC(=O)c1ccc(C(=O)OC[C@H](CN(C[C@@H](COC(=O)c2ccc(C(=O)OC(CNC(=O)OC(C)(C)C)CNC(=O)OC(C)(C)C)cc2)NC(=O)OC(C)(C)C)C[C@@H](COC(=O)c2ccc(C(=O)OC(CNC(=O)OC(C)(C)C)CNC(=O)OC(C)(C)C)cc2)NC(=O)OC(C)(C)C)NC(=O)OC(C)(C)C)cc1. The van der Waals surface area contributed by atoms with Crippen molar-refractivity contribution < 1.29 is 143 Å². The monoisotopic (exact) mass is 1800 g/mol. The quantitative estimate of drug-likeness (QED) is 0.0193. The van der Waals surface area contributed by atoms with E-state index in [4.69, 9.17) is 71.1 Å². The lowest BCUT2D eigenvalue weighted by atomic mass is 10.1. The van der Waals surface area contributed by atoms with Crippen molar-refractivity contribution in [2.24, 2.45) is 0 Å². The molecule has 0 radical (unpaired) electrons. The van der Waals surface area contributed by atoms with Crippen molar-refractivity contribution in [3.8, 4) is 0 Å². The predicted octanol–water partition coefficient (Wildman–Crippen LogP) is 11.3. The van der Waals surface area contributed by atoms with Crippen LogP contribution in [0.4, 0.5) is 43.2 Å². The Hall–Kier alpha value is -12.1. The van der Waals surface area contributed by atoms with E-state index < -0.39 is 217 Å². The van der Waals surface area contributed by atoms with Crippen LogP contribution in [-0.2, 0) is 71.1 Å². The molecule has 0 bridgehead atoms. The Balaban J connectivity index is 2.22. The normalized spacial score (nSPS) is 12.8. The van der Waals surface area contributed by atoms with Crippen molar-refractivity contribution in [1.82, 2.24) is 52.8 Å². The zero-order chi connectivity index (χ0) is 96.6. The Morgan fingerprint density at radius 1 is 0.228 bits per heavy atom. The van der Waals surface area contributed by atoms with Gasteiger partial charge in [-0.1, -0.05) is 0 Å². The fraction of sp³-hybridized carbons (Fsp3) is 0.621. The first-order valence-corrected chi connectivity index (χ1v) is 41.1. The Morgan fingerprint density at radius 2 is 0.370 bits per heavy atom. The van der Waals surface area contributed by atoms with Gasteiger partial charge in [0.05, 0.1) is 90.8 Å². The summed E-state index contributed by atoms with van der Waals surface area (Å²) in [5.41, 5.74) is -9.45. The van der Waals surface area contributed by atoms with Gasteiger partial charge in [0.2, 0.25) is 0 Å². The van der Waals surface area contributed by atoms with Crippen molar-refractivity contribution in [3.63, 3.8) is 0 Å². The number of rotatable bonds is 36. The zero-order valence-electron chi connectivity index (χ0n) is 78.1. The molecule has 0 spiro atoms. The summed E-state index contributed by atoms with van der Waals surface area (Å²) in [7, 11) is 0. The number of hydrogen-bond donors (Lipinski definition) is 9. The van der Waals surface area contributed by atoms with Crippen LogP contribution in [0.2, 0.25) is 0 Å². The highest BCUT2D eigenvalue weighted by Gasteiger charge is 2.34. The molecular weight excluding hydrogens is 1660 g/mol. The third-order valence-electron chi connectivity index (χ3n) is 15.0. The predicted molar refractivity (Wildman–Crippen MR) is 459 cm³/mol. The maximum Gasteiger partial charge on any atom is 0.408 e. The minimum atomic E-state index is -1.35. The third-order valence-corrected chi connectivity index (χ3v) is 15.0. The summed E-state index contributed by atoms with van der Waals surface area (Å²) in [5, 5.41) is 23.2. The van der Waals surface area contributed by atoms with E-state index in [1.54, 1.807) is 187 Å². The van der Waals surface area contributed by atoms with E-state index in [0.29, 0.717) is 0 Å². The molecule has 0 aliphatic carbocycles. The van der Waals surface area contributed by atoms with E-state index in [2.05, 4.69) is 47.9 Å². The van der Waals surface area contributed by atoms with Crippen molar-refractivity contribution in [3.05, 3.63) is 106 Å². The maximum atomic E-state index is 14.2. The van der Waals surface area contributed by atoms with E-state index in [0.717, 1.165) is 0 Å². The molecule has 40 nitrogen and oxygen atoms in total. The molecule has 127 heavy (non-hydrogen) atoms. The van der Waals surface area contributed by atoms with Crippen molar-refractivity contribution >= 4 is 90.7 Å². The fourth-order valence-corrected chi connectivity index (χ4v) is 10.2. The van der Waals surface area contributed by atoms with Gasteiger partial charge in [0.1, 0.15) is 88.5 Å². The fourth-order valence-electron chi connectivity index (χ4n) is 10.2. The van der Waals surface area contributed by atoms with E-state index in [-0.39, 0.29) is 72.6 Å². The number of alkyl carbamates (subject to hydrolysis) is 9. The second-order valence-corrected chi connectivity index (χ2v) is 38.2. The molecule has 710 valence electrons. The Labute approximate surface area is 742 Å². The van der Waals surface area contributed by atoms with Gasteiger partial charge in [-0.3, -0.25) is 4.90 Å². The number of carbonyl (C=O) groups is 15. The highest BCUT2D eigenvalue weighted by atomic mass is 16.6. The molecule has 9 amide bonds. The molecule has 3 aromatic rings. The van der Waals surface area contributed by atoms with Crippen molar-refractivity contribution in [2.75, 3.05) is 78.7 Å². The Bertz CT molecular complexity index is 3670. The Morgan fingerprint density at radius 3 is 0.520 bits per heavy atom. The second kappa shape index (κ2) is 48.0. The lowest BCUT2D eigenvalue weighted by molar-refractivity contribution is 0.0221. The molecule has 3 aromatic carbocycles. The van der Waals surface area contributed by atoms with Crippen LogP contribution in [0.15, 0.2) is 72.8 Å². The molecule has 0 aromatic heterocycles. The molecule has 0 heterocycles.